The zero-order chi connectivity index (χ0) is 22.9. The average molecular weight is 482 g/mol. The number of fused-ring (bicyclic) bond motifs is 1. The van der Waals surface area contributed by atoms with E-state index in [0.29, 0.717) is 20.8 Å². The molecule has 0 bridgehead atoms. The maximum absolute atomic E-state index is 13.8. The van der Waals surface area contributed by atoms with Gasteiger partial charge in [-0.25, -0.2) is 0 Å². The topological polar surface area (TPSA) is 80.1 Å². The second-order valence-electron chi connectivity index (χ2n) is 6.84. The third-order valence-corrected chi connectivity index (χ3v) is 5.87. The largest absolute Gasteiger partial charge is 0.409 e. The van der Waals surface area contributed by atoms with E-state index in [1.807, 2.05) is 0 Å². The fraction of sp³-hybridized carbons (Fsp3) is 0.200. The molecule has 0 saturated carbocycles. The summed E-state index contributed by atoms with van der Waals surface area (Å²) in [6.07, 6.45) is -4.27. The Hall–Kier alpha value is -3.05. The lowest BCUT2D eigenvalue weighted by atomic mass is 10.1. The van der Waals surface area contributed by atoms with Gasteiger partial charge in [-0.3, -0.25) is 19.1 Å². The molecule has 2 heterocycles. The Morgan fingerprint density at radius 3 is 2.75 bits per heavy atom. The molecular weight excluding hydrogens is 467 g/mol. The number of nitrogens with one attached hydrogen (secondary N) is 1. The minimum absolute atomic E-state index is 0.0115. The van der Waals surface area contributed by atoms with Gasteiger partial charge in [0.15, 0.2) is 5.16 Å². The molecule has 0 spiro atoms. The smallest absolute Gasteiger partial charge is 0.324 e. The number of hydrogen-bond donors (Lipinski definition) is 1. The van der Waals surface area contributed by atoms with Crippen molar-refractivity contribution in [1.82, 2.24) is 14.8 Å². The molecule has 1 atom stereocenters. The van der Waals surface area contributed by atoms with Crippen LogP contribution in [0.2, 0.25) is 5.02 Å². The number of rotatable bonds is 4. The number of halogens is 4. The van der Waals surface area contributed by atoms with Crippen LogP contribution < -0.4 is 10.2 Å². The number of hydrogen-bond acceptors (Lipinski definition) is 5. The summed E-state index contributed by atoms with van der Waals surface area (Å²) >= 11 is 6.95. The van der Waals surface area contributed by atoms with Crippen molar-refractivity contribution in [3.8, 4) is 5.69 Å². The van der Waals surface area contributed by atoms with E-state index in [4.69, 9.17) is 11.6 Å². The molecule has 2 amide bonds. The number of carbonyl (C=O) groups excluding carboxylic acids is 2. The van der Waals surface area contributed by atoms with Crippen molar-refractivity contribution < 1.29 is 22.8 Å². The lowest BCUT2D eigenvalue weighted by Gasteiger charge is -2.31. The van der Waals surface area contributed by atoms with Crippen molar-refractivity contribution in [2.75, 3.05) is 16.0 Å². The number of anilines is 2. The summed E-state index contributed by atoms with van der Waals surface area (Å²) in [5.41, 5.74) is 0.771. The predicted molar refractivity (Wildman–Crippen MR) is 114 cm³/mol. The molecule has 0 radical (unpaired) electrons. The van der Waals surface area contributed by atoms with Gasteiger partial charge in [-0.05, 0) is 30.3 Å². The van der Waals surface area contributed by atoms with Gasteiger partial charge in [-0.1, -0.05) is 41.6 Å². The van der Waals surface area contributed by atoms with Crippen molar-refractivity contribution in [2.45, 2.75) is 23.8 Å². The van der Waals surface area contributed by atoms with E-state index >= 15 is 0 Å². The van der Waals surface area contributed by atoms with Gasteiger partial charge < -0.3 is 5.32 Å². The standard InChI is InChI=1S/C20H15ClF3N5O2S/c21-12-4-3-5-13(8-12)28-11-25-27-19(28)32-10-18(31)29-15-7-2-1-6-14(15)26-17(30)9-16(29)20(22,23)24/h1-8,11,16H,9-10H2,(H,26,30). The summed E-state index contributed by atoms with van der Waals surface area (Å²) in [4.78, 5) is 25.8. The summed E-state index contributed by atoms with van der Waals surface area (Å²) in [7, 11) is 0. The summed E-state index contributed by atoms with van der Waals surface area (Å²) in [6.45, 7) is 0. The number of carbonyl (C=O) groups is 2. The average Bonchev–Trinajstić information content (AvgIpc) is 3.14. The highest BCUT2D eigenvalue weighted by molar-refractivity contribution is 7.99. The molecule has 7 nitrogen and oxygen atoms in total. The van der Waals surface area contributed by atoms with Gasteiger partial charge in [0.05, 0.1) is 29.2 Å². The van der Waals surface area contributed by atoms with Crippen LogP contribution in [0.5, 0.6) is 0 Å². The minimum Gasteiger partial charge on any atom is -0.324 e. The van der Waals surface area contributed by atoms with Crippen LogP contribution in [0.15, 0.2) is 60.0 Å². The molecule has 1 aromatic heterocycles. The van der Waals surface area contributed by atoms with E-state index in [2.05, 4.69) is 15.5 Å². The second-order valence-corrected chi connectivity index (χ2v) is 8.22. The first-order valence-electron chi connectivity index (χ1n) is 9.30. The van der Waals surface area contributed by atoms with Gasteiger partial charge in [-0.2, -0.15) is 13.2 Å². The number of aromatic nitrogens is 3. The lowest BCUT2D eigenvalue weighted by molar-refractivity contribution is -0.157. The van der Waals surface area contributed by atoms with Crippen molar-refractivity contribution in [3.05, 3.63) is 59.9 Å². The molecule has 0 aliphatic carbocycles. The SMILES string of the molecule is O=C1CC(C(F)(F)F)N(C(=O)CSc2nncn2-c2cccc(Cl)c2)c2ccccc2N1. The zero-order valence-corrected chi connectivity index (χ0v) is 17.8. The van der Waals surface area contributed by atoms with Crippen LogP contribution in [0.3, 0.4) is 0 Å². The predicted octanol–water partition coefficient (Wildman–Crippen LogP) is 4.32. The van der Waals surface area contributed by atoms with Crippen molar-refractivity contribution in [1.29, 1.82) is 0 Å². The molecule has 1 aliphatic rings. The number of amides is 2. The zero-order valence-electron chi connectivity index (χ0n) is 16.2. The van der Waals surface area contributed by atoms with Crippen LogP contribution >= 0.6 is 23.4 Å². The highest BCUT2D eigenvalue weighted by atomic mass is 35.5. The third-order valence-electron chi connectivity index (χ3n) is 4.70. The fourth-order valence-electron chi connectivity index (χ4n) is 3.32. The summed E-state index contributed by atoms with van der Waals surface area (Å²) < 4.78 is 43.0. The molecule has 1 unspecified atom stereocenters. The van der Waals surface area contributed by atoms with Crippen LogP contribution in [0, 0.1) is 0 Å². The van der Waals surface area contributed by atoms with Crippen molar-refractivity contribution >= 4 is 46.6 Å². The molecule has 3 aromatic rings. The maximum Gasteiger partial charge on any atom is 0.409 e. The molecule has 1 N–H and O–H groups in total. The molecule has 12 heteroatoms. The normalized spacial score (nSPS) is 16.3. The number of nitrogens with zero attached hydrogens (tertiary/aromatic N) is 4. The maximum atomic E-state index is 13.8. The highest BCUT2D eigenvalue weighted by Crippen LogP contribution is 2.38. The van der Waals surface area contributed by atoms with Crippen molar-refractivity contribution in [3.63, 3.8) is 0 Å². The molecule has 32 heavy (non-hydrogen) atoms. The number of thioether (sulfide) groups is 1. The Labute approximate surface area is 189 Å². The third kappa shape index (κ3) is 4.58. The second kappa shape index (κ2) is 8.83. The molecule has 4 rings (SSSR count). The molecule has 1 aliphatic heterocycles. The van der Waals surface area contributed by atoms with Crippen molar-refractivity contribution in [2.24, 2.45) is 0 Å². The Morgan fingerprint density at radius 1 is 1.22 bits per heavy atom. The summed E-state index contributed by atoms with van der Waals surface area (Å²) in [5.74, 6) is -1.99. The molecule has 0 fully saturated rings. The minimum atomic E-state index is -4.80. The summed E-state index contributed by atoms with van der Waals surface area (Å²) in [6, 6.07) is 10.4. The van der Waals surface area contributed by atoms with Gasteiger partial charge in [-0.15, -0.1) is 10.2 Å². The Kier molecular flexibility index (Phi) is 6.11. The Morgan fingerprint density at radius 2 is 2.00 bits per heavy atom. The number of benzene rings is 2. The molecule has 166 valence electrons. The number of alkyl halides is 3. The summed E-state index contributed by atoms with van der Waals surface area (Å²) in [5, 5.41) is 11.0. The van der Waals surface area contributed by atoms with E-state index in [1.54, 1.807) is 34.9 Å². The fourth-order valence-corrected chi connectivity index (χ4v) is 4.29. The van der Waals surface area contributed by atoms with Crippen LogP contribution in [0.4, 0.5) is 24.5 Å². The van der Waals surface area contributed by atoms with Gasteiger partial charge in [0.2, 0.25) is 11.8 Å². The first-order chi connectivity index (χ1) is 15.2. The van der Waals surface area contributed by atoms with Crippen LogP contribution in [-0.4, -0.2) is 44.5 Å². The Bertz CT molecular complexity index is 1170. The van der Waals surface area contributed by atoms with E-state index in [0.717, 1.165) is 11.8 Å². The molecular formula is C20H15ClF3N5O2S. The van der Waals surface area contributed by atoms with Gasteiger partial charge in [0.25, 0.3) is 0 Å². The Balaban J connectivity index is 1.62. The number of para-hydroxylation sites is 2. The lowest BCUT2D eigenvalue weighted by Crippen LogP contribution is -2.50. The van der Waals surface area contributed by atoms with E-state index in [-0.39, 0.29) is 17.1 Å². The molecule has 2 aromatic carbocycles. The monoisotopic (exact) mass is 481 g/mol. The van der Waals surface area contributed by atoms with E-state index in [1.165, 1.54) is 24.5 Å². The van der Waals surface area contributed by atoms with Crippen LogP contribution in [0.25, 0.3) is 5.69 Å². The quantitative estimate of drug-likeness (QED) is 0.561. The first kappa shape index (κ1) is 22.2. The van der Waals surface area contributed by atoms with Gasteiger partial charge in [0.1, 0.15) is 12.4 Å². The highest BCUT2D eigenvalue weighted by Gasteiger charge is 2.48. The molecule has 0 saturated heterocycles. The first-order valence-corrected chi connectivity index (χ1v) is 10.7. The van der Waals surface area contributed by atoms with Gasteiger partial charge in [0, 0.05) is 5.02 Å². The van der Waals surface area contributed by atoms with Crippen LogP contribution in [-0.2, 0) is 9.59 Å². The van der Waals surface area contributed by atoms with Gasteiger partial charge >= 0.3 is 6.18 Å². The van der Waals surface area contributed by atoms with E-state index < -0.39 is 30.5 Å². The van der Waals surface area contributed by atoms with Crippen LogP contribution in [0.1, 0.15) is 6.42 Å². The van der Waals surface area contributed by atoms with E-state index in [9.17, 15) is 22.8 Å².